The molecule has 0 radical (unpaired) electrons. The molecule has 2 aliphatic rings. The first-order valence-corrected chi connectivity index (χ1v) is 13.4. The molecule has 36 heavy (non-hydrogen) atoms. The van der Waals surface area contributed by atoms with Crippen LogP contribution in [0.4, 0.5) is 5.82 Å². The van der Waals surface area contributed by atoms with E-state index in [-0.39, 0.29) is 6.04 Å². The first-order valence-electron chi connectivity index (χ1n) is 12.6. The van der Waals surface area contributed by atoms with Crippen LogP contribution in [0.1, 0.15) is 47.6 Å². The monoisotopic (exact) mass is 529 g/mol. The van der Waals surface area contributed by atoms with Gasteiger partial charge in [-0.2, -0.15) is 0 Å². The van der Waals surface area contributed by atoms with Gasteiger partial charge in [-0.05, 0) is 58.1 Å². The van der Waals surface area contributed by atoms with Crippen molar-refractivity contribution in [1.82, 2.24) is 19.8 Å². The molecule has 1 aromatic heterocycles. The molecule has 0 saturated carbocycles. The van der Waals surface area contributed by atoms with Crippen LogP contribution < -0.4 is 10.6 Å². The quantitative estimate of drug-likeness (QED) is 0.599. The minimum absolute atomic E-state index is 0.220. The lowest BCUT2D eigenvalue weighted by molar-refractivity contribution is 0.214. The van der Waals surface area contributed by atoms with Crippen LogP contribution in [0.15, 0.2) is 33.9 Å². The Hall–Kier alpha value is -2.19. The lowest BCUT2D eigenvalue weighted by Crippen LogP contribution is -2.37. The summed E-state index contributed by atoms with van der Waals surface area (Å²) in [6.45, 7) is 7.65. The van der Waals surface area contributed by atoms with E-state index >= 15 is 0 Å². The minimum atomic E-state index is 0.220. The highest BCUT2D eigenvalue weighted by molar-refractivity contribution is 6.44. The maximum absolute atomic E-state index is 6.72. The molecule has 4 rings (SSSR count). The van der Waals surface area contributed by atoms with Gasteiger partial charge >= 0.3 is 0 Å². The summed E-state index contributed by atoms with van der Waals surface area (Å²) in [5.74, 6) is 1.76. The molecule has 1 atom stereocenters. The average molecular weight is 531 g/mol. The van der Waals surface area contributed by atoms with Crippen LogP contribution in [0.2, 0.25) is 5.02 Å². The molecule has 2 aliphatic heterocycles. The topological polar surface area (TPSA) is 73.9 Å². The summed E-state index contributed by atoms with van der Waals surface area (Å²) in [5.41, 5.74) is 12.6. The van der Waals surface area contributed by atoms with E-state index in [0.717, 1.165) is 67.0 Å². The molecule has 1 aromatic carbocycles. The SMILES string of the molecule is CCc1c(Cl)cccc1C1Cc2nc(C)nc(N3CCCN=C(/C(Cl)=C(\N)CN(C)C)C3)c2CN1C. The van der Waals surface area contributed by atoms with Crippen LogP contribution in [-0.4, -0.2) is 72.8 Å². The standard InChI is InChI=1S/C27H37Cl2N7/c1-6-18-19(9-7-10-21(18)28)25-13-23-20(14-35(25)5)27(33-17(2)32-23)36-12-8-11-31-24(16-36)26(29)22(30)15-34(3)4/h7,9-10,25H,6,8,11-16,30H2,1-5H3/b26-22+. The Labute approximate surface area is 225 Å². The molecule has 2 aromatic rings. The predicted octanol–water partition coefficient (Wildman–Crippen LogP) is 4.35. The molecule has 194 valence electrons. The number of likely N-dealkylation sites (N-methyl/N-ethyl adjacent to an activating group) is 2. The Morgan fingerprint density at radius 1 is 1.22 bits per heavy atom. The maximum atomic E-state index is 6.72. The molecule has 7 nitrogen and oxygen atoms in total. The van der Waals surface area contributed by atoms with Crippen molar-refractivity contribution in [3.05, 3.63) is 62.2 Å². The Morgan fingerprint density at radius 3 is 2.72 bits per heavy atom. The van der Waals surface area contributed by atoms with Gasteiger partial charge in [0, 0.05) is 54.9 Å². The van der Waals surface area contributed by atoms with E-state index in [1.807, 2.05) is 38.1 Å². The van der Waals surface area contributed by atoms with Crippen molar-refractivity contribution in [2.24, 2.45) is 10.7 Å². The van der Waals surface area contributed by atoms with Gasteiger partial charge in [-0.3, -0.25) is 9.89 Å². The van der Waals surface area contributed by atoms with Gasteiger partial charge in [0.05, 0.1) is 23.0 Å². The first-order chi connectivity index (χ1) is 17.2. The molecule has 0 bridgehead atoms. The molecule has 0 amide bonds. The molecule has 0 spiro atoms. The van der Waals surface area contributed by atoms with Crippen molar-refractivity contribution in [2.45, 2.75) is 45.7 Å². The van der Waals surface area contributed by atoms with Crippen molar-refractivity contribution in [3.8, 4) is 0 Å². The summed E-state index contributed by atoms with van der Waals surface area (Å²) < 4.78 is 0. The van der Waals surface area contributed by atoms with E-state index in [4.69, 9.17) is 43.9 Å². The van der Waals surface area contributed by atoms with Gasteiger partial charge in [0.25, 0.3) is 0 Å². The molecule has 0 aliphatic carbocycles. The van der Waals surface area contributed by atoms with E-state index < -0.39 is 0 Å². The molecule has 1 unspecified atom stereocenters. The number of nitrogens with two attached hydrogens (primary N) is 1. The second-order valence-electron chi connectivity index (χ2n) is 10.00. The number of hydrogen-bond donors (Lipinski definition) is 1. The van der Waals surface area contributed by atoms with E-state index in [2.05, 4.69) is 29.8 Å². The number of hydrogen-bond acceptors (Lipinski definition) is 7. The number of aryl methyl sites for hydroxylation is 1. The normalized spacial score (nSPS) is 19.6. The van der Waals surface area contributed by atoms with E-state index in [1.165, 1.54) is 16.7 Å². The third-order valence-electron chi connectivity index (χ3n) is 6.93. The summed E-state index contributed by atoms with van der Waals surface area (Å²) in [4.78, 5) is 21.3. The second-order valence-corrected chi connectivity index (χ2v) is 10.8. The van der Waals surface area contributed by atoms with Gasteiger partial charge in [0.1, 0.15) is 11.6 Å². The largest absolute Gasteiger partial charge is 0.400 e. The van der Waals surface area contributed by atoms with Gasteiger partial charge in [0.2, 0.25) is 0 Å². The summed E-state index contributed by atoms with van der Waals surface area (Å²) in [6.07, 6.45) is 2.65. The fourth-order valence-electron chi connectivity index (χ4n) is 5.24. The fourth-order valence-corrected chi connectivity index (χ4v) is 5.73. The van der Waals surface area contributed by atoms with Crippen LogP contribution in [0.5, 0.6) is 0 Å². The number of aromatic nitrogens is 2. The third kappa shape index (κ3) is 5.70. The summed E-state index contributed by atoms with van der Waals surface area (Å²) in [7, 11) is 6.13. The zero-order valence-corrected chi connectivity index (χ0v) is 23.5. The molecular formula is C27H37Cl2N7. The third-order valence-corrected chi connectivity index (χ3v) is 7.74. The number of nitrogens with zero attached hydrogens (tertiary/aromatic N) is 6. The second kappa shape index (κ2) is 11.5. The Morgan fingerprint density at radius 2 is 2.00 bits per heavy atom. The summed E-state index contributed by atoms with van der Waals surface area (Å²) in [6, 6.07) is 6.45. The molecule has 9 heteroatoms. The smallest absolute Gasteiger partial charge is 0.137 e. The number of fused-ring (bicyclic) bond motifs is 1. The number of anilines is 1. The number of rotatable bonds is 6. The number of halogens is 2. The fraction of sp³-hybridized carbons (Fsp3) is 0.519. The Balaban J connectivity index is 1.68. The van der Waals surface area contributed by atoms with Crippen molar-refractivity contribution in [2.75, 3.05) is 52.2 Å². The van der Waals surface area contributed by atoms with Crippen LogP contribution in [0, 0.1) is 6.92 Å². The first kappa shape index (κ1) is 26.9. The number of aliphatic imine (C=N–C) groups is 1. The summed E-state index contributed by atoms with van der Waals surface area (Å²) in [5, 5.41) is 1.39. The van der Waals surface area contributed by atoms with E-state index in [9.17, 15) is 0 Å². The molecule has 0 saturated heterocycles. The highest BCUT2D eigenvalue weighted by atomic mass is 35.5. The van der Waals surface area contributed by atoms with Crippen molar-refractivity contribution in [3.63, 3.8) is 0 Å². The van der Waals surface area contributed by atoms with Crippen LogP contribution in [-0.2, 0) is 19.4 Å². The van der Waals surface area contributed by atoms with Gasteiger partial charge in [-0.1, -0.05) is 42.3 Å². The molecule has 3 heterocycles. The predicted molar refractivity (Wildman–Crippen MR) is 150 cm³/mol. The Bertz CT molecular complexity index is 1170. The van der Waals surface area contributed by atoms with Crippen LogP contribution in [0.3, 0.4) is 0 Å². The van der Waals surface area contributed by atoms with E-state index in [1.54, 1.807) is 0 Å². The average Bonchev–Trinajstić information content (AvgIpc) is 3.08. The summed E-state index contributed by atoms with van der Waals surface area (Å²) >= 11 is 13.3. The maximum Gasteiger partial charge on any atom is 0.137 e. The molecule has 2 N–H and O–H groups in total. The minimum Gasteiger partial charge on any atom is -0.400 e. The zero-order valence-electron chi connectivity index (χ0n) is 22.0. The van der Waals surface area contributed by atoms with Gasteiger partial charge in [0.15, 0.2) is 0 Å². The van der Waals surface area contributed by atoms with E-state index in [0.29, 0.717) is 23.8 Å². The molecular weight excluding hydrogens is 493 g/mol. The lowest BCUT2D eigenvalue weighted by atomic mass is 9.90. The van der Waals surface area contributed by atoms with Crippen molar-refractivity contribution < 1.29 is 0 Å². The highest BCUT2D eigenvalue weighted by Crippen LogP contribution is 2.38. The van der Waals surface area contributed by atoms with Gasteiger partial charge in [-0.25, -0.2) is 9.97 Å². The van der Waals surface area contributed by atoms with Crippen molar-refractivity contribution >= 4 is 34.7 Å². The van der Waals surface area contributed by atoms with Crippen LogP contribution in [0.25, 0.3) is 0 Å². The lowest BCUT2D eigenvalue weighted by Gasteiger charge is -2.37. The Kier molecular flexibility index (Phi) is 8.56. The van der Waals surface area contributed by atoms with Crippen LogP contribution >= 0.6 is 23.2 Å². The van der Waals surface area contributed by atoms with Gasteiger partial charge in [-0.15, -0.1) is 0 Å². The van der Waals surface area contributed by atoms with Crippen molar-refractivity contribution in [1.29, 1.82) is 0 Å². The molecule has 0 fully saturated rings. The zero-order chi connectivity index (χ0) is 26.0. The number of benzene rings is 1. The van der Waals surface area contributed by atoms with Gasteiger partial charge < -0.3 is 15.5 Å². The highest BCUT2D eigenvalue weighted by Gasteiger charge is 2.32.